The summed E-state index contributed by atoms with van der Waals surface area (Å²) in [4.78, 5) is 10.5. The predicted octanol–water partition coefficient (Wildman–Crippen LogP) is 2.19. The lowest BCUT2D eigenvalue weighted by Gasteiger charge is -2.12. The number of carbonyl (C=O) groups is 1. The van der Waals surface area contributed by atoms with E-state index in [0.717, 1.165) is 6.07 Å². The molecule has 100 valence electrons. The van der Waals surface area contributed by atoms with E-state index in [2.05, 4.69) is 4.74 Å². The van der Waals surface area contributed by atoms with Crippen LogP contribution in [0.25, 0.3) is 0 Å². The van der Waals surface area contributed by atoms with E-state index in [1.54, 1.807) is 0 Å². The van der Waals surface area contributed by atoms with Crippen molar-refractivity contribution in [3.05, 3.63) is 28.8 Å². The van der Waals surface area contributed by atoms with E-state index in [1.165, 1.54) is 12.1 Å². The zero-order chi connectivity index (χ0) is 13.9. The summed E-state index contributed by atoms with van der Waals surface area (Å²) in [5, 5.41) is 8.33. The Balaban J connectivity index is 2.83. The van der Waals surface area contributed by atoms with Gasteiger partial charge >= 0.3 is 12.3 Å². The van der Waals surface area contributed by atoms with Crippen molar-refractivity contribution in [2.24, 2.45) is 5.73 Å². The van der Waals surface area contributed by atoms with Gasteiger partial charge in [0.1, 0.15) is 11.8 Å². The molecule has 18 heavy (non-hydrogen) atoms. The van der Waals surface area contributed by atoms with E-state index < -0.39 is 24.1 Å². The van der Waals surface area contributed by atoms with Gasteiger partial charge in [-0.15, -0.1) is 13.2 Å². The molecule has 0 radical (unpaired) electrons. The third-order valence-corrected chi connectivity index (χ3v) is 2.29. The number of ether oxygens (including phenoxy) is 1. The van der Waals surface area contributed by atoms with Crippen molar-refractivity contribution >= 4 is 17.6 Å². The molecule has 0 heterocycles. The van der Waals surface area contributed by atoms with Crippen LogP contribution in [0.2, 0.25) is 5.02 Å². The Morgan fingerprint density at radius 1 is 1.50 bits per heavy atom. The molecule has 8 heteroatoms. The fourth-order valence-electron chi connectivity index (χ4n) is 1.22. The van der Waals surface area contributed by atoms with Gasteiger partial charge in [0.25, 0.3) is 0 Å². The second-order valence-corrected chi connectivity index (χ2v) is 3.87. The smallest absolute Gasteiger partial charge is 0.480 e. The largest absolute Gasteiger partial charge is 0.573 e. The highest BCUT2D eigenvalue weighted by molar-refractivity contribution is 6.32. The van der Waals surface area contributed by atoms with Crippen molar-refractivity contribution in [1.29, 1.82) is 0 Å². The number of carboxylic acid groups (broad SMARTS) is 1. The van der Waals surface area contributed by atoms with Crippen LogP contribution in [0.15, 0.2) is 18.2 Å². The van der Waals surface area contributed by atoms with Crippen LogP contribution in [0, 0.1) is 0 Å². The highest BCUT2D eigenvalue weighted by atomic mass is 35.5. The first-order chi connectivity index (χ1) is 8.19. The summed E-state index contributed by atoms with van der Waals surface area (Å²) in [6, 6.07) is 2.33. The van der Waals surface area contributed by atoms with Crippen LogP contribution >= 0.6 is 11.6 Å². The molecule has 0 amide bonds. The number of hydrogen-bond donors (Lipinski definition) is 2. The van der Waals surface area contributed by atoms with Gasteiger partial charge in [0.15, 0.2) is 0 Å². The third kappa shape index (κ3) is 4.42. The summed E-state index contributed by atoms with van der Waals surface area (Å²) in [6.45, 7) is 0. The highest BCUT2D eigenvalue weighted by Gasteiger charge is 2.32. The van der Waals surface area contributed by atoms with Crippen LogP contribution in [0.5, 0.6) is 5.75 Å². The molecule has 1 aromatic carbocycles. The predicted molar refractivity (Wildman–Crippen MR) is 57.5 cm³/mol. The fourth-order valence-corrected chi connectivity index (χ4v) is 1.46. The Morgan fingerprint density at radius 3 is 2.56 bits per heavy atom. The summed E-state index contributed by atoms with van der Waals surface area (Å²) >= 11 is 5.59. The van der Waals surface area contributed by atoms with E-state index in [9.17, 15) is 18.0 Å². The highest BCUT2D eigenvalue weighted by Crippen LogP contribution is 2.30. The standard InChI is InChI=1S/C10H9ClF3NO3/c11-6-3-5(4-7(15)9(16)17)1-2-8(6)18-10(12,13)14/h1-3,7H,4,15H2,(H,16,17). The number of alkyl halides is 3. The molecule has 0 aromatic heterocycles. The van der Waals surface area contributed by atoms with E-state index in [0.29, 0.717) is 5.56 Å². The minimum atomic E-state index is -4.83. The molecule has 1 unspecified atom stereocenters. The first-order valence-corrected chi connectivity index (χ1v) is 5.09. The van der Waals surface area contributed by atoms with Gasteiger partial charge in [-0.1, -0.05) is 17.7 Å². The molecule has 0 saturated carbocycles. The van der Waals surface area contributed by atoms with Gasteiger partial charge < -0.3 is 15.6 Å². The molecule has 0 aliphatic heterocycles. The Labute approximate surface area is 105 Å². The molecule has 4 nitrogen and oxygen atoms in total. The third-order valence-electron chi connectivity index (χ3n) is 1.99. The monoisotopic (exact) mass is 283 g/mol. The molecule has 0 saturated heterocycles. The van der Waals surface area contributed by atoms with Crippen LogP contribution in [0.4, 0.5) is 13.2 Å². The number of hydrogen-bond acceptors (Lipinski definition) is 3. The van der Waals surface area contributed by atoms with Crippen molar-refractivity contribution in [3.63, 3.8) is 0 Å². The first kappa shape index (κ1) is 14.6. The molecule has 0 fully saturated rings. The first-order valence-electron chi connectivity index (χ1n) is 4.71. The van der Waals surface area contributed by atoms with Gasteiger partial charge in [-0.25, -0.2) is 0 Å². The van der Waals surface area contributed by atoms with Gasteiger partial charge in [-0.3, -0.25) is 4.79 Å². The lowest BCUT2D eigenvalue weighted by atomic mass is 10.1. The van der Waals surface area contributed by atoms with Crippen molar-refractivity contribution in [1.82, 2.24) is 0 Å². The summed E-state index contributed by atoms with van der Waals surface area (Å²) in [5.74, 6) is -1.75. The zero-order valence-electron chi connectivity index (χ0n) is 8.87. The topological polar surface area (TPSA) is 72.5 Å². The molecule has 3 N–H and O–H groups in total. The van der Waals surface area contributed by atoms with Crippen LogP contribution in [0.1, 0.15) is 5.56 Å². The van der Waals surface area contributed by atoms with Crippen molar-refractivity contribution in [2.45, 2.75) is 18.8 Å². The van der Waals surface area contributed by atoms with E-state index >= 15 is 0 Å². The maximum atomic E-state index is 12.0. The average molecular weight is 284 g/mol. The SMILES string of the molecule is NC(Cc1ccc(OC(F)(F)F)c(Cl)c1)C(=O)O. The number of carboxylic acids is 1. The Kier molecular flexibility index (Phi) is 4.42. The number of benzene rings is 1. The molecule has 1 atom stereocenters. The van der Waals surface area contributed by atoms with Crippen LogP contribution in [0.3, 0.4) is 0 Å². The Bertz CT molecular complexity index is 450. The summed E-state index contributed by atoms with van der Waals surface area (Å²) in [7, 11) is 0. The molecular weight excluding hydrogens is 275 g/mol. The number of nitrogens with two attached hydrogens (primary N) is 1. The molecular formula is C10H9ClF3NO3. The molecule has 0 aliphatic rings. The van der Waals surface area contributed by atoms with Crippen LogP contribution < -0.4 is 10.5 Å². The lowest BCUT2D eigenvalue weighted by molar-refractivity contribution is -0.274. The van der Waals surface area contributed by atoms with Crippen LogP contribution in [-0.2, 0) is 11.2 Å². The molecule has 1 rings (SSSR count). The average Bonchev–Trinajstić information content (AvgIpc) is 2.20. The van der Waals surface area contributed by atoms with Crippen molar-refractivity contribution in [3.8, 4) is 5.75 Å². The van der Waals surface area contributed by atoms with Gasteiger partial charge in [-0.05, 0) is 24.1 Å². The maximum Gasteiger partial charge on any atom is 0.573 e. The maximum absolute atomic E-state index is 12.0. The fraction of sp³-hybridized carbons (Fsp3) is 0.300. The Morgan fingerprint density at radius 2 is 2.11 bits per heavy atom. The molecule has 0 spiro atoms. The molecule has 1 aromatic rings. The quantitative estimate of drug-likeness (QED) is 0.888. The van der Waals surface area contributed by atoms with Crippen molar-refractivity contribution in [2.75, 3.05) is 0 Å². The van der Waals surface area contributed by atoms with Crippen molar-refractivity contribution < 1.29 is 27.8 Å². The molecule has 0 bridgehead atoms. The zero-order valence-corrected chi connectivity index (χ0v) is 9.63. The van der Waals surface area contributed by atoms with Gasteiger partial charge in [0.2, 0.25) is 0 Å². The van der Waals surface area contributed by atoms with E-state index in [1.807, 2.05) is 0 Å². The minimum absolute atomic E-state index is 0.0403. The Hall–Kier alpha value is -1.47. The number of rotatable bonds is 4. The lowest BCUT2D eigenvalue weighted by Crippen LogP contribution is -2.32. The minimum Gasteiger partial charge on any atom is -0.480 e. The van der Waals surface area contributed by atoms with Gasteiger partial charge in [-0.2, -0.15) is 0 Å². The number of halogens is 4. The summed E-state index contributed by atoms with van der Waals surface area (Å²) in [5.41, 5.74) is 5.69. The van der Waals surface area contributed by atoms with Crippen LogP contribution in [-0.4, -0.2) is 23.5 Å². The second kappa shape index (κ2) is 5.45. The summed E-state index contributed by atoms with van der Waals surface area (Å²) < 4.78 is 39.5. The van der Waals surface area contributed by atoms with Gasteiger partial charge in [0.05, 0.1) is 5.02 Å². The van der Waals surface area contributed by atoms with Gasteiger partial charge in [0, 0.05) is 0 Å². The van der Waals surface area contributed by atoms with E-state index in [4.69, 9.17) is 22.4 Å². The normalized spacial score (nSPS) is 13.2. The number of aliphatic carboxylic acids is 1. The molecule has 0 aliphatic carbocycles. The van der Waals surface area contributed by atoms with E-state index in [-0.39, 0.29) is 11.4 Å². The second-order valence-electron chi connectivity index (χ2n) is 3.46. The summed E-state index contributed by atoms with van der Waals surface area (Å²) in [6.07, 6.45) is -4.87.